The van der Waals surface area contributed by atoms with E-state index in [1.54, 1.807) is 37.3 Å². The highest BCUT2D eigenvalue weighted by Crippen LogP contribution is 2.21. The van der Waals surface area contributed by atoms with Crippen molar-refractivity contribution < 1.29 is 22.7 Å². The van der Waals surface area contributed by atoms with Crippen molar-refractivity contribution >= 4 is 44.9 Å². The molecule has 0 spiro atoms. The number of para-hydroxylation sites is 1. The van der Waals surface area contributed by atoms with Gasteiger partial charge in [0.2, 0.25) is 10.0 Å². The molecule has 0 saturated carbocycles. The van der Waals surface area contributed by atoms with Gasteiger partial charge in [-0.2, -0.15) is 0 Å². The summed E-state index contributed by atoms with van der Waals surface area (Å²) in [7, 11) is -3.58. The molecule has 0 fully saturated rings. The summed E-state index contributed by atoms with van der Waals surface area (Å²) < 4.78 is 30.3. The number of ether oxygens (including phenoxy) is 1. The van der Waals surface area contributed by atoms with Crippen LogP contribution in [0.4, 0.5) is 11.4 Å². The molecule has 0 heterocycles. The van der Waals surface area contributed by atoms with Gasteiger partial charge in [0.25, 0.3) is 5.91 Å². The Balaban J connectivity index is 2.11. The van der Waals surface area contributed by atoms with Crippen LogP contribution in [0.25, 0.3) is 0 Å². The van der Waals surface area contributed by atoms with Crippen molar-refractivity contribution in [1.82, 2.24) is 0 Å². The molecule has 0 aromatic heterocycles. The molecule has 9 heteroatoms. The fourth-order valence-electron chi connectivity index (χ4n) is 2.19. The van der Waals surface area contributed by atoms with Crippen LogP contribution in [0.15, 0.2) is 42.5 Å². The molecular formula is C18H19ClN2O5S. The second-order valence-corrected chi connectivity index (χ2v) is 8.10. The predicted octanol–water partition coefficient (Wildman–Crippen LogP) is 3.20. The number of esters is 1. The van der Waals surface area contributed by atoms with Crippen LogP contribution in [-0.2, 0) is 19.6 Å². The standard InChI is InChI=1S/C18H19ClN2O5S/c1-11-8-9-13(19)10-16(11)20-17(22)12(2)26-18(23)14-6-4-5-7-15(14)21-27(3,24)25/h4-10,12,21H,1-3H3,(H,20,22)/t12-/m0/s1. The van der Waals surface area contributed by atoms with Crippen molar-refractivity contribution in [3.05, 3.63) is 58.6 Å². The largest absolute Gasteiger partial charge is 0.449 e. The van der Waals surface area contributed by atoms with E-state index in [4.69, 9.17) is 16.3 Å². The Morgan fingerprint density at radius 2 is 1.78 bits per heavy atom. The zero-order valence-corrected chi connectivity index (χ0v) is 16.5. The highest BCUT2D eigenvalue weighted by atomic mass is 35.5. The monoisotopic (exact) mass is 410 g/mol. The number of carbonyl (C=O) groups excluding carboxylic acids is 2. The molecule has 0 aliphatic heterocycles. The topological polar surface area (TPSA) is 102 Å². The molecule has 0 radical (unpaired) electrons. The Morgan fingerprint density at radius 1 is 1.11 bits per heavy atom. The number of aryl methyl sites for hydroxylation is 1. The Labute approximate surface area is 162 Å². The Bertz CT molecular complexity index is 975. The summed E-state index contributed by atoms with van der Waals surface area (Å²) in [5, 5.41) is 3.11. The van der Waals surface area contributed by atoms with Gasteiger partial charge in [0.05, 0.1) is 17.5 Å². The quantitative estimate of drug-likeness (QED) is 0.712. The van der Waals surface area contributed by atoms with Crippen molar-refractivity contribution in [2.45, 2.75) is 20.0 Å². The normalized spacial score (nSPS) is 12.1. The first kappa shape index (κ1) is 20.7. The van der Waals surface area contributed by atoms with Crippen LogP contribution < -0.4 is 10.0 Å². The van der Waals surface area contributed by atoms with Gasteiger partial charge in [-0.25, -0.2) is 13.2 Å². The molecule has 0 bridgehead atoms. The number of nitrogens with one attached hydrogen (secondary N) is 2. The first-order valence-electron chi connectivity index (χ1n) is 7.91. The van der Waals surface area contributed by atoms with E-state index >= 15 is 0 Å². The molecule has 2 aromatic rings. The van der Waals surface area contributed by atoms with Gasteiger partial charge in [0, 0.05) is 10.7 Å². The molecule has 1 atom stereocenters. The number of amides is 1. The molecular weight excluding hydrogens is 392 g/mol. The van der Waals surface area contributed by atoms with Crippen LogP contribution in [0.2, 0.25) is 5.02 Å². The average molecular weight is 411 g/mol. The van der Waals surface area contributed by atoms with Gasteiger partial charge in [0.15, 0.2) is 6.10 Å². The number of sulfonamides is 1. The van der Waals surface area contributed by atoms with Crippen LogP contribution in [-0.4, -0.2) is 32.7 Å². The molecule has 1 amide bonds. The number of hydrogen-bond donors (Lipinski definition) is 2. The van der Waals surface area contributed by atoms with E-state index in [0.29, 0.717) is 10.7 Å². The molecule has 2 N–H and O–H groups in total. The van der Waals surface area contributed by atoms with Gasteiger partial charge >= 0.3 is 5.97 Å². The van der Waals surface area contributed by atoms with Crippen LogP contribution >= 0.6 is 11.6 Å². The Kier molecular flexibility index (Phi) is 6.45. The molecule has 0 aliphatic rings. The summed E-state index contributed by atoms with van der Waals surface area (Å²) in [4.78, 5) is 24.7. The zero-order chi connectivity index (χ0) is 20.2. The molecule has 2 aromatic carbocycles. The van der Waals surface area contributed by atoms with Gasteiger partial charge in [-0.1, -0.05) is 29.8 Å². The van der Waals surface area contributed by atoms with Gasteiger partial charge < -0.3 is 10.1 Å². The molecule has 7 nitrogen and oxygen atoms in total. The van der Waals surface area contributed by atoms with Crippen LogP contribution in [0.1, 0.15) is 22.8 Å². The van der Waals surface area contributed by atoms with Gasteiger partial charge in [0.1, 0.15) is 0 Å². The second-order valence-electron chi connectivity index (χ2n) is 5.92. The lowest BCUT2D eigenvalue weighted by molar-refractivity contribution is -0.123. The van der Waals surface area contributed by atoms with Crippen LogP contribution in [0.5, 0.6) is 0 Å². The van der Waals surface area contributed by atoms with Crippen molar-refractivity contribution in [2.24, 2.45) is 0 Å². The SMILES string of the molecule is Cc1ccc(Cl)cc1NC(=O)[C@H](C)OC(=O)c1ccccc1NS(C)(=O)=O. The third-order valence-corrected chi connectivity index (χ3v) is 4.38. The Morgan fingerprint density at radius 3 is 2.44 bits per heavy atom. The summed E-state index contributed by atoms with van der Waals surface area (Å²) in [6, 6.07) is 11.0. The van der Waals surface area contributed by atoms with E-state index < -0.39 is 28.0 Å². The summed E-state index contributed by atoms with van der Waals surface area (Å²) in [6.45, 7) is 3.22. The highest BCUT2D eigenvalue weighted by molar-refractivity contribution is 7.92. The molecule has 2 rings (SSSR count). The highest BCUT2D eigenvalue weighted by Gasteiger charge is 2.22. The number of anilines is 2. The average Bonchev–Trinajstić information content (AvgIpc) is 2.57. The van der Waals surface area contributed by atoms with E-state index in [2.05, 4.69) is 10.0 Å². The van der Waals surface area contributed by atoms with Gasteiger partial charge in [-0.15, -0.1) is 0 Å². The fourth-order valence-corrected chi connectivity index (χ4v) is 2.94. The third-order valence-electron chi connectivity index (χ3n) is 3.55. The Hall–Kier alpha value is -2.58. The number of rotatable bonds is 6. The summed E-state index contributed by atoms with van der Waals surface area (Å²) in [5.41, 5.74) is 1.38. The summed E-state index contributed by atoms with van der Waals surface area (Å²) in [5.74, 6) is -1.37. The van der Waals surface area contributed by atoms with Crippen LogP contribution in [0.3, 0.4) is 0 Å². The summed E-state index contributed by atoms with van der Waals surface area (Å²) in [6.07, 6.45) is -0.138. The minimum atomic E-state index is -3.58. The van der Waals surface area contributed by atoms with Crippen LogP contribution in [0, 0.1) is 6.92 Å². The zero-order valence-electron chi connectivity index (χ0n) is 14.9. The first-order chi connectivity index (χ1) is 12.6. The number of benzene rings is 2. The first-order valence-corrected chi connectivity index (χ1v) is 10.2. The van der Waals surface area contributed by atoms with Crippen molar-refractivity contribution in [3.8, 4) is 0 Å². The van der Waals surface area contributed by atoms with E-state index in [1.807, 2.05) is 0 Å². The maximum atomic E-state index is 12.4. The predicted molar refractivity (Wildman–Crippen MR) is 105 cm³/mol. The van der Waals surface area contributed by atoms with E-state index in [1.165, 1.54) is 19.1 Å². The van der Waals surface area contributed by atoms with E-state index in [-0.39, 0.29) is 11.3 Å². The molecule has 0 aliphatic carbocycles. The van der Waals surface area contributed by atoms with Gasteiger partial charge in [-0.05, 0) is 43.7 Å². The van der Waals surface area contributed by atoms with Crippen molar-refractivity contribution in [3.63, 3.8) is 0 Å². The summed E-state index contributed by atoms with van der Waals surface area (Å²) >= 11 is 5.92. The number of hydrogen-bond acceptors (Lipinski definition) is 5. The smallest absolute Gasteiger partial charge is 0.341 e. The van der Waals surface area contributed by atoms with Gasteiger partial charge in [-0.3, -0.25) is 9.52 Å². The minimum Gasteiger partial charge on any atom is -0.449 e. The third kappa shape index (κ3) is 5.97. The second kappa shape index (κ2) is 8.41. The molecule has 0 unspecified atom stereocenters. The minimum absolute atomic E-state index is 0.00140. The fraction of sp³-hybridized carbons (Fsp3) is 0.222. The lowest BCUT2D eigenvalue weighted by atomic mass is 10.2. The maximum Gasteiger partial charge on any atom is 0.341 e. The van der Waals surface area contributed by atoms with E-state index in [9.17, 15) is 18.0 Å². The number of carbonyl (C=O) groups is 2. The maximum absolute atomic E-state index is 12.4. The molecule has 0 saturated heterocycles. The van der Waals surface area contributed by atoms with E-state index in [0.717, 1.165) is 11.8 Å². The molecule has 27 heavy (non-hydrogen) atoms. The molecule has 144 valence electrons. The lowest BCUT2D eigenvalue weighted by Crippen LogP contribution is -2.30. The number of halogens is 1. The van der Waals surface area contributed by atoms with Crippen molar-refractivity contribution in [2.75, 3.05) is 16.3 Å². The van der Waals surface area contributed by atoms with Crippen molar-refractivity contribution in [1.29, 1.82) is 0 Å². The lowest BCUT2D eigenvalue weighted by Gasteiger charge is -2.16.